The summed E-state index contributed by atoms with van der Waals surface area (Å²) in [4.78, 5) is 0. The van der Waals surface area contributed by atoms with Crippen LogP contribution in [-0.2, 0) is 17.6 Å². The van der Waals surface area contributed by atoms with E-state index in [2.05, 4.69) is 42.5 Å². The number of nitrogens with one attached hydrogen (secondary N) is 2. The number of fused-ring (bicyclic) bond motifs is 7. The number of nitrogens with zero attached hydrogens (tertiary/aromatic N) is 1. The highest BCUT2D eigenvalue weighted by Gasteiger charge is 2.59. The van der Waals surface area contributed by atoms with Crippen LogP contribution in [-0.4, -0.2) is 34.5 Å². The van der Waals surface area contributed by atoms with Gasteiger partial charge in [0.25, 0.3) is 0 Å². The Morgan fingerprint density at radius 2 is 2.03 bits per heavy atom. The van der Waals surface area contributed by atoms with E-state index in [-0.39, 0.29) is 5.60 Å². The van der Waals surface area contributed by atoms with Crippen LogP contribution in [0.4, 0.5) is 0 Å². The van der Waals surface area contributed by atoms with Crippen LogP contribution in [0.25, 0.3) is 0 Å². The van der Waals surface area contributed by atoms with Crippen LogP contribution in [0, 0.1) is 35.0 Å². The summed E-state index contributed by atoms with van der Waals surface area (Å²) in [5, 5.41) is 11.5. The number of hydrogen-bond donors (Lipinski definition) is 2. The van der Waals surface area contributed by atoms with Gasteiger partial charge in [-0.1, -0.05) is 25.0 Å². The van der Waals surface area contributed by atoms with Gasteiger partial charge in [0, 0.05) is 17.7 Å². The minimum atomic E-state index is 0.0846. The molecule has 2 saturated heterocycles. The molecule has 9 unspecified atom stereocenters. The molecule has 3 heterocycles. The van der Waals surface area contributed by atoms with E-state index in [0.717, 1.165) is 23.7 Å². The Morgan fingerprint density at radius 3 is 2.91 bits per heavy atom. The zero-order valence-electron chi connectivity index (χ0n) is 20.3. The normalized spacial score (nSPS) is 49.8. The van der Waals surface area contributed by atoms with E-state index in [0.29, 0.717) is 23.5 Å². The summed E-state index contributed by atoms with van der Waals surface area (Å²) in [7, 11) is 0. The Morgan fingerprint density at radius 1 is 1.12 bits per heavy atom. The molecule has 1 spiro atoms. The lowest BCUT2D eigenvalue weighted by Gasteiger charge is -2.52. The van der Waals surface area contributed by atoms with E-state index < -0.39 is 0 Å². The SMILES string of the molecule is CC1=C2CC3C(CCC4Cc5[nH]ncc5CC43C)C2CCC2(C1)OC1CCCNC1C2C. The van der Waals surface area contributed by atoms with Crippen LogP contribution < -0.4 is 5.32 Å². The van der Waals surface area contributed by atoms with Gasteiger partial charge in [-0.25, -0.2) is 0 Å². The molecule has 2 saturated carbocycles. The molecule has 1 aromatic rings. The average molecular weight is 436 g/mol. The molecule has 9 atom stereocenters. The van der Waals surface area contributed by atoms with Gasteiger partial charge in [0.05, 0.1) is 17.9 Å². The number of ether oxygens (including phenoxy) is 1. The molecule has 32 heavy (non-hydrogen) atoms. The maximum absolute atomic E-state index is 6.99. The van der Waals surface area contributed by atoms with Crippen molar-refractivity contribution in [3.8, 4) is 0 Å². The first-order valence-corrected chi connectivity index (χ1v) is 13.6. The standard InChI is InChI=1S/C28H41N3O/c1-16-13-28(17(2)26-25(32-28)5-4-10-29-26)9-8-20-21-7-6-19-11-24-18(15-30-31-24)14-27(19,3)23(21)12-22(16)20/h15,17,19-21,23,25-26,29H,4-14H2,1-3H3,(H,30,31). The number of aromatic nitrogens is 2. The van der Waals surface area contributed by atoms with Crippen molar-refractivity contribution in [1.29, 1.82) is 0 Å². The van der Waals surface area contributed by atoms with Gasteiger partial charge in [0.1, 0.15) is 0 Å². The van der Waals surface area contributed by atoms with Crippen molar-refractivity contribution in [2.75, 3.05) is 6.54 Å². The molecular weight excluding hydrogens is 394 g/mol. The Kier molecular flexibility index (Phi) is 4.40. The number of rotatable bonds is 0. The molecule has 0 amide bonds. The van der Waals surface area contributed by atoms with Gasteiger partial charge in [-0.15, -0.1) is 0 Å². The highest BCUT2D eigenvalue weighted by molar-refractivity contribution is 5.32. The van der Waals surface area contributed by atoms with Crippen LogP contribution in [0.15, 0.2) is 17.3 Å². The fourth-order valence-electron chi connectivity index (χ4n) is 9.83. The molecule has 4 nitrogen and oxygen atoms in total. The number of aromatic amines is 1. The number of allylic oxidation sites excluding steroid dienone is 1. The second kappa shape index (κ2) is 6.95. The fraction of sp³-hybridized carbons (Fsp3) is 0.821. The second-order valence-electron chi connectivity index (χ2n) is 12.8. The van der Waals surface area contributed by atoms with E-state index in [9.17, 15) is 0 Å². The number of hydrogen-bond acceptors (Lipinski definition) is 3. The molecule has 0 bridgehead atoms. The largest absolute Gasteiger partial charge is 0.369 e. The summed E-state index contributed by atoms with van der Waals surface area (Å²) < 4.78 is 6.99. The zero-order valence-corrected chi connectivity index (χ0v) is 20.3. The first-order chi connectivity index (χ1) is 15.5. The summed E-state index contributed by atoms with van der Waals surface area (Å²) in [6.45, 7) is 8.79. The van der Waals surface area contributed by atoms with Crippen LogP contribution in [0.3, 0.4) is 0 Å². The molecule has 174 valence electrons. The van der Waals surface area contributed by atoms with Crippen molar-refractivity contribution >= 4 is 0 Å². The molecular formula is C28H41N3O. The zero-order chi connectivity index (χ0) is 21.7. The summed E-state index contributed by atoms with van der Waals surface area (Å²) in [5.74, 6) is 4.03. The minimum absolute atomic E-state index is 0.0846. The maximum Gasteiger partial charge on any atom is 0.0765 e. The monoisotopic (exact) mass is 435 g/mol. The van der Waals surface area contributed by atoms with Gasteiger partial charge in [0.2, 0.25) is 0 Å². The molecule has 4 heteroatoms. The van der Waals surface area contributed by atoms with Crippen molar-refractivity contribution in [2.45, 2.75) is 103 Å². The van der Waals surface area contributed by atoms with Crippen molar-refractivity contribution < 1.29 is 4.74 Å². The summed E-state index contributed by atoms with van der Waals surface area (Å²) in [5.41, 5.74) is 7.03. The maximum atomic E-state index is 6.99. The number of piperidine rings is 1. The van der Waals surface area contributed by atoms with Gasteiger partial charge in [-0.2, -0.15) is 5.10 Å². The molecule has 4 fully saturated rings. The molecule has 0 aromatic carbocycles. The molecule has 2 aliphatic heterocycles. The minimum Gasteiger partial charge on any atom is -0.369 e. The Hall–Kier alpha value is -1.13. The molecule has 2 N–H and O–H groups in total. The van der Waals surface area contributed by atoms with Crippen LogP contribution in [0.5, 0.6) is 0 Å². The third-order valence-electron chi connectivity index (χ3n) is 11.6. The van der Waals surface area contributed by atoms with Crippen LogP contribution in [0.2, 0.25) is 0 Å². The Bertz CT molecular complexity index is 950. The third-order valence-corrected chi connectivity index (χ3v) is 11.6. The van der Waals surface area contributed by atoms with Gasteiger partial charge < -0.3 is 10.1 Å². The summed E-state index contributed by atoms with van der Waals surface area (Å²) in [6.07, 6.45) is 15.6. The lowest BCUT2D eigenvalue weighted by molar-refractivity contribution is -0.0696. The van der Waals surface area contributed by atoms with E-state index >= 15 is 0 Å². The van der Waals surface area contributed by atoms with Crippen LogP contribution in [0.1, 0.15) is 83.4 Å². The van der Waals surface area contributed by atoms with E-state index in [1.54, 1.807) is 5.57 Å². The van der Waals surface area contributed by atoms with Crippen molar-refractivity contribution in [3.63, 3.8) is 0 Å². The lowest BCUT2D eigenvalue weighted by atomic mass is 9.52. The van der Waals surface area contributed by atoms with Crippen molar-refractivity contribution in [2.24, 2.45) is 35.0 Å². The highest BCUT2D eigenvalue weighted by Crippen LogP contribution is 2.64. The first kappa shape index (κ1) is 20.3. The second-order valence-corrected chi connectivity index (χ2v) is 12.8. The lowest BCUT2D eigenvalue weighted by Crippen LogP contribution is -2.47. The predicted octanol–water partition coefficient (Wildman–Crippen LogP) is 5.20. The Balaban J connectivity index is 1.20. The fourth-order valence-corrected chi connectivity index (χ4v) is 9.83. The van der Waals surface area contributed by atoms with Crippen LogP contribution >= 0.6 is 0 Å². The van der Waals surface area contributed by atoms with Gasteiger partial charge >= 0.3 is 0 Å². The van der Waals surface area contributed by atoms with E-state index in [1.807, 2.05) is 5.57 Å². The highest BCUT2D eigenvalue weighted by atomic mass is 16.5. The molecule has 6 aliphatic rings. The third kappa shape index (κ3) is 2.66. The van der Waals surface area contributed by atoms with Gasteiger partial charge in [-0.05, 0) is 112 Å². The summed E-state index contributed by atoms with van der Waals surface area (Å²) in [6, 6.07) is 0.577. The van der Waals surface area contributed by atoms with Crippen molar-refractivity contribution in [3.05, 3.63) is 28.6 Å². The number of H-pyrrole nitrogens is 1. The van der Waals surface area contributed by atoms with Crippen molar-refractivity contribution in [1.82, 2.24) is 15.5 Å². The molecule has 4 aliphatic carbocycles. The summed E-state index contributed by atoms with van der Waals surface area (Å²) >= 11 is 0. The van der Waals surface area contributed by atoms with E-state index in [1.165, 1.54) is 82.0 Å². The molecule has 7 rings (SSSR count). The average Bonchev–Trinajstić information content (AvgIpc) is 3.43. The quantitative estimate of drug-likeness (QED) is 0.551. The predicted molar refractivity (Wildman–Crippen MR) is 126 cm³/mol. The molecule has 0 radical (unpaired) electrons. The van der Waals surface area contributed by atoms with E-state index in [4.69, 9.17) is 4.74 Å². The first-order valence-electron chi connectivity index (χ1n) is 13.6. The Labute approximate surface area is 193 Å². The topological polar surface area (TPSA) is 49.9 Å². The smallest absolute Gasteiger partial charge is 0.0765 e. The van der Waals surface area contributed by atoms with Gasteiger partial charge in [-0.3, -0.25) is 5.10 Å². The molecule has 1 aromatic heterocycles. The van der Waals surface area contributed by atoms with Gasteiger partial charge in [0.15, 0.2) is 0 Å².